The van der Waals surface area contributed by atoms with Crippen LogP contribution in [0, 0.1) is 0 Å². The van der Waals surface area contributed by atoms with Crippen molar-refractivity contribution in [3.05, 3.63) is 29.8 Å². The zero-order chi connectivity index (χ0) is 20.9. The number of nitrogens with one attached hydrogen (secondary N) is 1. The first-order valence-corrected chi connectivity index (χ1v) is 9.66. The molecule has 0 fully saturated rings. The fourth-order valence-electron chi connectivity index (χ4n) is 3.14. The lowest BCUT2D eigenvalue weighted by Crippen LogP contribution is -2.43. The molecule has 0 aliphatic carbocycles. The van der Waals surface area contributed by atoms with E-state index in [1.165, 1.54) is 0 Å². The molecule has 2 rings (SSSR count). The van der Waals surface area contributed by atoms with E-state index >= 15 is 0 Å². The standard InChI is InChI=1S/C21H30N2O5/c1-14-13-16-9-6-7-10-17(16)23(14)19(25)15(2)27-18(24)11-8-12-22-20(26)28-21(3,4)5/h6-7,9-10,14-15H,8,11-13H2,1-5H3,(H,22,26)/t14-,15+/m1/s1. The van der Waals surface area contributed by atoms with Crippen molar-refractivity contribution in [2.75, 3.05) is 11.4 Å². The summed E-state index contributed by atoms with van der Waals surface area (Å²) in [6, 6.07) is 7.80. The lowest BCUT2D eigenvalue weighted by molar-refractivity contribution is -0.154. The van der Waals surface area contributed by atoms with Gasteiger partial charge in [0.2, 0.25) is 0 Å². The number of amides is 2. The Bertz CT molecular complexity index is 726. The van der Waals surface area contributed by atoms with Crippen LogP contribution in [0.1, 0.15) is 53.0 Å². The predicted molar refractivity (Wildman–Crippen MR) is 106 cm³/mol. The molecule has 0 saturated carbocycles. The fourth-order valence-corrected chi connectivity index (χ4v) is 3.14. The molecule has 0 bridgehead atoms. The van der Waals surface area contributed by atoms with Crippen LogP contribution in [0.25, 0.3) is 0 Å². The molecule has 1 aromatic rings. The number of anilines is 1. The van der Waals surface area contributed by atoms with E-state index in [2.05, 4.69) is 5.32 Å². The van der Waals surface area contributed by atoms with Gasteiger partial charge in [-0.1, -0.05) is 18.2 Å². The van der Waals surface area contributed by atoms with Gasteiger partial charge in [0, 0.05) is 24.7 Å². The van der Waals surface area contributed by atoms with Crippen molar-refractivity contribution >= 4 is 23.7 Å². The average molecular weight is 390 g/mol. The fraction of sp³-hybridized carbons (Fsp3) is 0.571. The molecule has 0 radical (unpaired) electrons. The molecular formula is C21H30N2O5. The maximum atomic E-state index is 12.8. The van der Waals surface area contributed by atoms with Crippen LogP contribution in [-0.2, 0) is 25.5 Å². The van der Waals surface area contributed by atoms with Gasteiger partial charge in [-0.15, -0.1) is 0 Å². The van der Waals surface area contributed by atoms with Crippen LogP contribution < -0.4 is 10.2 Å². The molecule has 2 atom stereocenters. The molecule has 0 saturated heterocycles. The maximum absolute atomic E-state index is 12.8. The molecule has 1 heterocycles. The van der Waals surface area contributed by atoms with Gasteiger partial charge in [0.25, 0.3) is 5.91 Å². The number of carbonyl (C=O) groups excluding carboxylic acids is 3. The molecule has 28 heavy (non-hydrogen) atoms. The van der Waals surface area contributed by atoms with Gasteiger partial charge < -0.3 is 19.7 Å². The minimum absolute atomic E-state index is 0.0316. The van der Waals surface area contributed by atoms with Crippen LogP contribution in [0.3, 0.4) is 0 Å². The third-order valence-corrected chi connectivity index (χ3v) is 4.33. The van der Waals surface area contributed by atoms with Gasteiger partial charge >= 0.3 is 12.1 Å². The van der Waals surface area contributed by atoms with Crippen LogP contribution in [0.2, 0.25) is 0 Å². The van der Waals surface area contributed by atoms with Crippen LogP contribution in [0.5, 0.6) is 0 Å². The van der Waals surface area contributed by atoms with Crippen LogP contribution in [0.4, 0.5) is 10.5 Å². The van der Waals surface area contributed by atoms with Gasteiger partial charge in [-0.3, -0.25) is 9.59 Å². The molecule has 1 aliphatic heterocycles. The summed E-state index contributed by atoms with van der Waals surface area (Å²) >= 11 is 0. The molecule has 7 heteroatoms. The quantitative estimate of drug-likeness (QED) is 0.596. The molecule has 154 valence electrons. The van der Waals surface area contributed by atoms with E-state index in [1.807, 2.05) is 31.2 Å². The van der Waals surface area contributed by atoms with Crippen molar-refractivity contribution in [2.45, 2.75) is 71.6 Å². The second-order valence-corrected chi connectivity index (χ2v) is 8.05. The molecule has 7 nitrogen and oxygen atoms in total. The number of carbonyl (C=O) groups is 3. The highest BCUT2D eigenvalue weighted by atomic mass is 16.6. The van der Waals surface area contributed by atoms with Crippen LogP contribution in [0.15, 0.2) is 24.3 Å². The summed E-state index contributed by atoms with van der Waals surface area (Å²) in [5, 5.41) is 2.59. The minimum Gasteiger partial charge on any atom is -0.453 e. The summed E-state index contributed by atoms with van der Waals surface area (Å²) in [5.41, 5.74) is 1.43. The lowest BCUT2D eigenvalue weighted by atomic mass is 10.1. The summed E-state index contributed by atoms with van der Waals surface area (Å²) < 4.78 is 10.4. The van der Waals surface area contributed by atoms with Crippen LogP contribution in [-0.4, -0.2) is 42.3 Å². The molecule has 1 N–H and O–H groups in total. The summed E-state index contributed by atoms with van der Waals surface area (Å²) in [6.45, 7) is 9.20. The van der Waals surface area contributed by atoms with Gasteiger partial charge in [-0.25, -0.2) is 4.79 Å². The van der Waals surface area contributed by atoms with Crippen molar-refractivity contribution in [3.8, 4) is 0 Å². The average Bonchev–Trinajstić information content (AvgIpc) is 2.92. The van der Waals surface area contributed by atoms with Crippen molar-refractivity contribution < 1.29 is 23.9 Å². The van der Waals surface area contributed by atoms with E-state index in [-0.39, 0.29) is 18.4 Å². The first-order valence-electron chi connectivity index (χ1n) is 9.66. The predicted octanol–water partition coefficient (Wildman–Crippen LogP) is 3.20. The summed E-state index contributed by atoms with van der Waals surface area (Å²) in [7, 11) is 0. The van der Waals surface area contributed by atoms with E-state index in [9.17, 15) is 14.4 Å². The Morgan fingerprint density at radius 2 is 1.93 bits per heavy atom. The normalized spacial score (nSPS) is 16.9. The number of ether oxygens (including phenoxy) is 2. The van der Waals surface area contributed by atoms with Gasteiger partial charge in [-0.2, -0.15) is 0 Å². The van der Waals surface area contributed by atoms with Crippen molar-refractivity contribution in [1.29, 1.82) is 0 Å². The number of benzene rings is 1. The summed E-state index contributed by atoms with van der Waals surface area (Å²) in [4.78, 5) is 38.1. The molecule has 1 aromatic carbocycles. The Morgan fingerprint density at radius 1 is 1.25 bits per heavy atom. The number of fused-ring (bicyclic) bond motifs is 1. The molecule has 1 aliphatic rings. The second-order valence-electron chi connectivity index (χ2n) is 8.05. The molecular weight excluding hydrogens is 360 g/mol. The highest BCUT2D eigenvalue weighted by molar-refractivity contribution is 5.99. The number of para-hydroxylation sites is 1. The topological polar surface area (TPSA) is 84.9 Å². The Labute approximate surface area is 166 Å². The SMILES string of the molecule is C[C@H](OC(=O)CCCNC(=O)OC(C)(C)C)C(=O)N1c2ccccc2C[C@H]1C. The summed E-state index contributed by atoms with van der Waals surface area (Å²) in [6.07, 6.45) is -0.0774. The Morgan fingerprint density at radius 3 is 2.61 bits per heavy atom. The Balaban J connectivity index is 1.76. The first-order chi connectivity index (χ1) is 13.1. The minimum atomic E-state index is -0.861. The highest BCUT2D eigenvalue weighted by Gasteiger charge is 2.34. The zero-order valence-corrected chi connectivity index (χ0v) is 17.3. The van der Waals surface area contributed by atoms with E-state index in [1.54, 1.807) is 32.6 Å². The molecule has 2 amide bonds. The molecule has 0 spiro atoms. The molecule has 0 unspecified atom stereocenters. The molecule has 0 aromatic heterocycles. The number of hydrogen-bond acceptors (Lipinski definition) is 5. The summed E-state index contributed by atoms with van der Waals surface area (Å²) in [5.74, 6) is -0.690. The third-order valence-electron chi connectivity index (χ3n) is 4.33. The Hall–Kier alpha value is -2.57. The van der Waals surface area contributed by atoms with E-state index in [0.29, 0.717) is 13.0 Å². The van der Waals surface area contributed by atoms with Crippen LogP contribution >= 0.6 is 0 Å². The van der Waals surface area contributed by atoms with Gasteiger partial charge in [0.1, 0.15) is 5.60 Å². The van der Waals surface area contributed by atoms with E-state index in [0.717, 1.165) is 17.7 Å². The number of alkyl carbamates (subject to hydrolysis) is 1. The monoisotopic (exact) mass is 390 g/mol. The van der Waals surface area contributed by atoms with Crippen molar-refractivity contribution in [3.63, 3.8) is 0 Å². The smallest absolute Gasteiger partial charge is 0.407 e. The van der Waals surface area contributed by atoms with Gasteiger partial charge in [-0.05, 0) is 59.1 Å². The van der Waals surface area contributed by atoms with Gasteiger partial charge in [0.15, 0.2) is 6.10 Å². The van der Waals surface area contributed by atoms with Gasteiger partial charge in [0.05, 0.1) is 0 Å². The number of hydrogen-bond donors (Lipinski definition) is 1. The van der Waals surface area contributed by atoms with Crippen molar-refractivity contribution in [2.24, 2.45) is 0 Å². The largest absolute Gasteiger partial charge is 0.453 e. The Kier molecular flexibility index (Phi) is 7.05. The number of esters is 1. The second kappa shape index (κ2) is 9.08. The number of nitrogens with zero attached hydrogens (tertiary/aromatic N) is 1. The number of rotatable bonds is 6. The van der Waals surface area contributed by atoms with E-state index in [4.69, 9.17) is 9.47 Å². The zero-order valence-electron chi connectivity index (χ0n) is 17.3. The van der Waals surface area contributed by atoms with Crippen molar-refractivity contribution in [1.82, 2.24) is 5.32 Å². The third kappa shape index (κ3) is 5.97. The lowest BCUT2D eigenvalue weighted by Gasteiger charge is -2.26. The first kappa shape index (κ1) is 21.7. The van der Waals surface area contributed by atoms with E-state index < -0.39 is 23.8 Å². The highest BCUT2D eigenvalue weighted by Crippen LogP contribution is 2.32. The maximum Gasteiger partial charge on any atom is 0.407 e.